The summed E-state index contributed by atoms with van der Waals surface area (Å²) in [6, 6.07) is 0. The molecule has 1 amide bonds. The highest BCUT2D eigenvalue weighted by atomic mass is 16.4. The van der Waals surface area contributed by atoms with Crippen molar-refractivity contribution in [1.29, 1.82) is 0 Å². The molecule has 5 heteroatoms. The van der Waals surface area contributed by atoms with Crippen LogP contribution in [-0.4, -0.2) is 25.8 Å². The van der Waals surface area contributed by atoms with E-state index in [2.05, 4.69) is 10.5 Å². The second kappa shape index (κ2) is 3.48. The van der Waals surface area contributed by atoms with Gasteiger partial charge in [-0.2, -0.15) is 0 Å². The van der Waals surface area contributed by atoms with Gasteiger partial charge in [-0.3, -0.25) is 0 Å². The molecule has 0 aromatic carbocycles. The summed E-state index contributed by atoms with van der Waals surface area (Å²) in [5.41, 5.74) is 0. The number of rotatable bonds is 2. The predicted molar refractivity (Wildman–Crippen MR) is 27.4 cm³/mol. The highest BCUT2D eigenvalue weighted by Gasteiger charge is 1.89. The molecule has 4 nitrogen and oxygen atoms in total. The second-order valence-corrected chi connectivity index (χ2v) is 1.01. The molecular formula is C2H7BN2O2. The number of hydrogen-bond acceptors (Lipinski definition) is 2. The zero-order valence-corrected chi connectivity index (χ0v) is 4.06. The molecule has 40 valence electrons. The lowest BCUT2D eigenvalue weighted by atomic mass is 10.2. The van der Waals surface area contributed by atoms with Gasteiger partial charge in [0.2, 0.25) is 0 Å². The normalized spacial score (nSPS) is 7.57. The van der Waals surface area contributed by atoms with Gasteiger partial charge < -0.3 is 15.6 Å². The van der Waals surface area contributed by atoms with Crippen molar-refractivity contribution in [3.63, 3.8) is 0 Å². The minimum absolute atomic E-state index is 0.301. The van der Waals surface area contributed by atoms with Crippen LogP contribution < -0.4 is 10.5 Å². The molecule has 0 saturated carbocycles. The molecule has 0 rings (SSSR count). The summed E-state index contributed by atoms with van der Waals surface area (Å²) in [6.07, 6.45) is -1.01. The van der Waals surface area contributed by atoms with E-state index in [4.69, 9.17) is 5.11 Å². The third-order valence-corrected chi connectivity index (χ3v) is 0.416. The maximum absolute atomic E-state index is 9.61. The van der Waals surface area contributed by atoms with Crippen molar-refractivity contribution in [1.82, 2.24) is 10.5 Å². The third-order valence-electron chi connectivity index (χ3n) is 0.416. The van der Waals surface area contributed by atoms with Crippen LogP contribution in [0.15, 0.2) is 0 Å². The Morgan fingerprint density at radius 3 is 2.57 bits per heavy atom. The molecule has 0 aromatic rings. The van der Waals surface area contributed by atoms with Gasteiger partial charge in [-0.25, -0.2) is 4.79 Å². The van der Waals surface area contributed by atoms with E-state index < -0.39 is 6.09 Å². The van der Waals surface area contributed by atoms with E-state index in [-0.39, 0.29) is 0 Å². The van der Waals surface area contributed by atoms with Crippen LogP contribution in [-0.2, 0) is 0 Å². The van der Waals surface area contributed by atoms with Crippen molar-refractivity contribution >= 4 is 13.6 Å². The Kier molecular flexibility index (Phi) is 3.13. The molecule has 0 radical (unpaired) electrons. The highest BCUT2D eigenvalue weighted by Crippen LogP contribution is 1.49. The van der Waals surface area contributed by atoms with E-state index >= 15 is 0 Å². The first-order valence-corrected chi connectivity index (χ1v) is 1.88. The van der Waals surface area contributed by atoms with Gasteiger partial charge >= 0.3 is 13.6 Å². The van der Waals surface area contributed by atoms with Crippen LogP contribution in [0.3, 0.4) is 0 Å². The van der Waals surface area contributed by atoms with Gasteiger partial charge in [0.05, 0.1) is 0 Å². The Morgan fingerprint density at radius 1 is 1.86 bits per heavy atom. The molecule has 0 aliphatic heterocycles. The van der Waals surface area contributed by atoms with Crippen molar-refractivity contribution in [3.8, 4) is 0 Å². The summed E-state index contributed by atoms with van der Waals surface area (Å²) in [6.45, 7) is 0. The van der Waals surface area contributed by atoms with E-state index in [1.807, 2.05) is 0 Å². The lowest BCUT2D eigenvalue weighted by Crippen LogP contribution is -2.34. The van der Waals surface area contributed by atoms with Gasteiger partial charge in [-0.05, 0) is 7.05 Å². The van der Waals surface area contributed by atoms with Crippen LogP contribution in [0.4, 0.5) is 4.79 Å². The third kappa shape index (κ3) is 5.29. The largest absolute Gasteiger partial charge is 0.466 e. The number of carboxylic acid groups (broad SMARTS) is 1. The van der Waals surface area contributed by atoms with E-state index in [0.717, 1.165) is 0 Å². The topological polar surface area (TPSA) is 61.4 Å². The van der Waals surface area contributed by atoms with E-state index in [0.29, 0.717) is 7.55 Å². The van der Waals surface area contributed by atoms with Crippen LogP contribution in [0.25, 0.3) is 0 Å². The summed E-state index contributed by atoms with van der Waals surface area (Å²) in [5.74, 6) is 0. The summed E-state index contributed by atoms with van der Waals surface area (Å²) < 4.78 is 0. The molecule has 0 bridgehead atoms. The van der Waals surface area contributed by atoms with Gasteiger partial charge in [-0.1, -0.05) is 0 Å². The van der Waals surface area contributed by atoms with Crippen LogP contribution in [0.2, 0.25) is 0 Å². The highest BCUT2D eigenvalue weighted by molar-refractivity contribution is 6.33. The molecule has 3 N–H and O–H groups in total. The lowest BCUT2D eigenvalue weighted by molar-refractivity contribution is 0.201. The molecule has 0 spiro atoms. The molecule has 7 heavy (non-hydrogen) atoms. The van der Waals surface area contributed by atoms with Crippen LogP contribution in [0.1, 0.15) is 0 Å². The van der Waals surface area contributed by atoms with Gasteiger partial charge in [-0.15, -0.1) is 0 Å². The first-order valence-electron chi connectivity index (χ1n) is 1.88. The molecule has 0 atom stereocenters. The zero-order chi connectivity index (χ0) is 5.70. The fraction of sp³-hybridized carbons (Fsp3) is 0.500. The Bertz CT molecular complexity index is 66.7. The van der Waals surface area contributed by atoms with E-state index in [1.54, 1.807) is 7.05 Å². The monoisotopic (exact) mass is 102 g/mol. The smallest absolute Gasteiger partial charge is 0.393 e. The van der Waals surface area contributed by atoms with Gasteiger partial charge in [0.25, 0.3) is 0 Å². The minimum atomic E-state index is -1.01. The lowest BCUT2D eigenvalue weighted by Gasteiger charge is -1.91. The molecule has 0 saturated heterocycles. The molecule has 0 heterocycles. The van der Waals surface area contributed by atoms with E-state index in [1.165, 1.54) is 0 Å². The Balaban J connectivity index is 2.82. The van der Waals surface area contributed by atoms with Crippen LogP contribution >= 0.6 is 0 Å². The summed E-state index contributed by atoms with van der Waals surface area (Å²) >= 11 is 0. The number of hydrogen-bond donors (Lipinski definition) is 3. The molecule has 0 aliphatic rings. The number of amides is 1. The fourth-order valence-electron chi connectivity index (χ4n) is 0.164. The van der Waals surface area contributed by atoms with Crippen molar-refractivity contribution in [2.24, 2.45) is 0 Å². The van der Waals surface area contributed by atoms with Crippen LogP contribution in [0.5, 0.6) is 0 Å². The minimum Gasteiger partial charge on any atom is -0.466 e. The van der Waals surface area contributed by atoms with E-state index in [9.17, 15) is 4.79 Å². The number of nitrogens with one attached hydrogen (secondary N) is 2. The maximum Gasteiger partial charge on any atom is 0.393 e. The Morgan fingerprint density at radius 2 is 2.43 bits per heavy atom. The molecule has 0 aromatic heterocycles. The summed E-state index contributed by atoms with van der Waals surface area (Å²) in [5, 5.41) is 12.6. The first kappa shape index (κ1) is 6.29. The molecule has 0 fully saturated rings. The molecular weight excluding hydrogens is 94.8 g/mol. The van der Waals surface area contributed by atoms with Crippen molar-refractivity contribution < 1.29 is 9.90 Å². The average Bonchev–Trinajstić information content (AvgIpc) is 1.61. The first-order chi connectivity index (χ1) is 3.27. The van der Waals surface area contributed by atoms with Crippen molar-refractivity contribution in [2.45, 2.75) is 0 Å². The SMILES string of the molecule is CNBNC(=O)O. The summed E-state index contributed by atoms with van der Waals surface area (Å²) in [4.78, 5) is 9.61. The van der Waals surface area contributed by atoms with Gasteiger partial charge in [0.15, 0.2) is 0 Å². The zero-order valence-electron chi connectivity index (χ0n) is 4.06. The predicted octanol–water partition coefficient (Wildman–Crippen LogP) is -1.26. The Labute approximate surface area is 42.2 Å². The van der Waals surface area contributed by atoms with Gasteiger partial charge in [0, 0.05) is 0 Å². The molecule has 0 unspecified atom stereocenters. The summed E-state index contributed by atoms with van der Waals surface area (Å²) in [7, 11) is 1.96. The fourth-order valence-corrected chi connectivity index (χ4v) is 0.164. The number of carbonyl (C=O) groups is 1. The maximum atomic E-state index is 9.61. The standard InChI is InChI=1S/C2H7BN2O2/c1-4-3-5-2(6)7/h3-5H,1H3,(H,6,7). The van der Waals surface area contributed by atoms with Crippen LogP contribution in [0, 0.1) is 0 Å². The van der Waals surface area contributed by atoms with Crippen molar-refractivity contribution in [2.75, 3.05) is 7.05 Å². The second-order valence-electron chi connectivity index (χ2n) is 1.01. The average molecular weight is 102 g/mol. The quantitative estimate of drug-likeness (QED) is 0.381. The van der Waals surface area contributed by atoms with Crippen molar-refractivity contribution in [3.05, 3.63) is 0 Å². The Hall–Kier alpha value is -0.705. The molecule has 0 aliphatic carbocycles. The van der Waals surface area contributed by atoms with Gasteiger partial charge in [0.1, 0.15) is 0 Å².